The number of benzene rings is 7. The summed E-state index contributed by atoms with van der Waals surface area (Å²) in [6.45, 7) is 2.32. The summed E-state index contributed by atoms with van der Waals surface area (Å²) in [5.74, 6) is 0. The molecule has 268 valence electrons. The molecule has 0 amide bonds. The van der Waals surface area contributed by atoms with Crippen molar-refractivity contribution < 1.29 is 0 Å². The lowest BCUT2D eigenvalue weighted by Gasteiger charge is -2.34. The van der Waals surface area contributed by atoms with Crippen LogP contribution in [0.1, 0.15) is 27.8 Å². The van der Waals surface area contributed by atoms with E-state index in [9.17, 15) is 0 Å². The largest absolute Gasteiger partial charge is 0.310 e. The van der Waals surface area contributed by atoms with Gasteiger partial charge in [-0.3, -0.25) is 0 Å². The third-order valence-corrected chi connectivity index (χ3v) is 13.0. The maximum atomic E-state index is 4.77. The fourth-order valence-corrected chi connectivity index (χ4v) is 10.2. The number of anilines is 6. The van der Waals surface area contributed by atoms with Gasteiger partial charge in [-0.1, -0.05) is 115 Å². The highest BCUT2D eigenvalue weighted by atomic mass is 32.1. The Hall–Kier alpha value is -6.49. The summed E-state index contributed by atoms with van der Waals surface area (Å²) in [6, 6.07) is 60.8. The van der Waals surface area contributed by atoms with E-state index in [1.807, 2.05) is 6.20 Å². The molecule has 0 bridgehead atoms. The Kier molecular flexibility index (Phi) is 7.85. The van der Waals surface area contributed by atoms with Crippen molar-refractivity contribution >= 4 is 65.8 Å². The van der Waals surface area contributed by atoms with Gasteiger partial charge in [-0.2, -0.15) is 0 Å². The van der Waals surface area contributed by atoms with Crippen LogP contribution in [0.15, 0.2) is 170 Å². The van der Waals surface area contributed by atoms with Crippen molar-refractivity contribution in [1.29, 1.82) is 0 Å². The fraction of sp³-hybridized carbons (Fsp3) is 0.0962. The molecule has 0 spiro atoms. The average Bonchev–Trinajstić information content (AvgIpc) is 3.45. The average molecular weight is 738 g/mol. The normalized spacial score (nSPS) is 13.4. The molecule has 0 saturated heterocycles. The number of para-hydroxylation sites is 4. The van der Waals surface area contributed by atoms with E-state index in [2.05, 4.69) is 181 Å². The van der Waals surface area contributed by atoms with Crippen LogP contribution in [0, 0.1) is 6.92 Å². The molecule has 9 aromatic rings. The summed E-state index contributed by atoms with van der Waals surface area (Å²) in [4.78, 5) is 10.9. The number of thiophene rings is 1. The zero-order valence-corrected chi connectivity index (χ0v) is 32.1. The molecule has 0 atom stereocenters. The first-order valence-corrected chi connectivity index (χ1v) is 20.4. The summed E-state index contributed by atoms with van der Waals surface area (Å²) in [7, 11) is 0. The van der Waals surface area contributed by atoms with Gasteiger partial charge in [-0.15, -0.1) is 11.3 Å². The SMILES string of the molecule is Cc1c(N2c3ccccc3CCc3ccccc32)cc(-c2ccc(-c3ccnc4sc5ccccc5c34)cc2)cc1N1c2ccccc2CCc2ccccc21. The third kappa shape index (κ3) is 5.36. The van der Waals surface area contributed by atoms with Crippen molar-refractivity contribution in [2.24, 2.45) is 0 Å². The van der Waals surface area contributed by atoms with Crippen LogP contribution in [-0.2, 0) is 25.7 Å². The molecule has 4 heterocycles. The molecular weight excluding hydrogens is 699 g/mol. The molecule has 56 heavy (non-hydrogen) atoms. The number of pyridine rings is 1. The molecule has 2 aliphatic rings. The minimum Gasteiger partial charge on any atom is -0.310 e. The fourth-order valence-electron chi connectivity index (χ4n) is 9.12. The number of fused-ring (bicyclic) bond motifs is 7. The van der Waals surface area contributed by atoms with Crippen LogP contribution in [0.3, 0.4) is 0 Å². The van der Waals surface area contributed by atoms with Gasteiger partial charge in [0.15, 0.2) is 0 Å². The van der Waals surface area contributed by atoms with Crippen molar-refractivity contribution in [1.82, 2.24) is 4.98 Å². The highest BCUT2D eigenvalue weighted by Gasteiger charge is 2.29. The van der Waals surface area contributed by atoms with Gasteiger partial charge in [0.2, 0.25) is 0 Å². The van der Waals surface area contributed by atoms with Gasteiger partial charge >= 0.3 is 0 Å². The van der Waals surface area contributed by atoms with E-state index in [0.29, 0.717) is 0 Å². The molecule has 4 heteroatoms. The standard InChI is InChI=1S/C52H39N3S/c1-34-48(54-44-17-7-2-12-37(44)26-27-38-13-3-8-18-45(38)54)32-41(33-49(34)55-46-19-9-4-14-39(46)28-29-40-15-5-10-20-47(40)55)35-22-24-36(25-23-35)42-30-31-53-52-51(42)43-16-6-11-21-50(43)56-52/h2-25,30-33H,26-29H2,1H3. The van der Waals surface area contributed by atoms with E-state index < -0.39 is 0 Å². The molecular formula is C52H39N3S. The Morgan fingerprint density at radius 3 is 1.41 bits per heavy atom. The minimum absolute atomic E-state index is 1.01. The molecule has 0 aliphatic carbocycles. The number of hydrogen-bond acceptors (Lipinski definition) is 4. The topological polar surface area (TPSA) is 19.4 Å². The Labute approximate surface area is 331 Å². The first-order valence-electron chi connectivity index (χ1n) is 19.6. The van der Waals surface area contributed by atoms with Crippen LogP contribution >= 0.6 is 11.3 Å². The lowest BCUT2D eigenvalue weighted by molar-refractivity contribution is 0.977. The van der Waals surface area contributed by atoms with E-state index in [1.165, 1.54) is 99.7 Å². The van der Waals surface area contributed by atoms with Gasteiger partial charge in [0.1, 0.15) is 4.83 Å². The summed E-state index contributed by atoms with van der Waals surface area (Å²) in [5.41, 5.74) is 18.9. The highest BCUT2D eigenvalue weighted by molar-refractivity contribution is 7.25. The van der Waals surface area contributed by atoms with Crippen LogP contribution in [0.4, 0.5) is 34.1 Å². The number of hydrogen-bond donors (Lipinski definition) is 0. The summed E-state index contributed by atoms with van der Waals surface area (Å²) in [5, 5.41) is 2.50. The van der Waals surface area contributed by atoms with Crippen molar-refractivity contribution in [2.45, 2.75) is 32.6 Å². The lowest BCUT2D eigenvalue weighted by Crippen LogP contribution is -2.17. The van der Waals surface area contributed by atoms with E-state index in [4.69, 9.17) is 4.98 Å². The highest BCUT2D eigenvalue weighted by Crippen LogP contribution is 2.50. The molecule has 0 unspecified atom stereocenters. The van der Waals surface area contributed by atoms with E-state index in [0.717, 1.165) is 30.5 Å². The molecule has 0 radical (unpaired) electrons. The monoisotopic (exact) mass is 737 g/mol. The van der Waals surface area contributed by atoms with Crippen LogP contribution < -0.4 is 9.80 Å². The first kappa shape index (κ1) is 32.9. The Bertz CT molecular complexity index is 2740. The maximum absolute atomic E-state index is 4.77. The summed E-state index contributed by atoms with van der Waals surface area (Å²) in [6.07, 6.45) is 5.97. The van der Waals surface area contributed by atoms with Crippen LogP contribution in [-0.4, -0.2) is 4.98 Å². The van der Waals surface area contributed by atoms with Crippen molar-refractivity contribution in [3.8, 4) is 22.3 Å². The maximum Gasteiger partial charge on any atom is 0.125 e. The molecule has 2 aliphatic heterocycles. The Morgan fingerprint density at radius 1 is 0.446 bits per heavy atom. The van der Waals surface area contributed by atoms with Gasteiger partial charge in [0, 0.05) is 44.4 Å². The predicted molar refractivity (Wildman–Crippen MR) is 237 cm³/mol. The predicted octanol–water partition coefficient (Wildman–Crippen LogP) is 14.2. The van der Waals surface area contributed by atoms with Gasteiger partial charge in [-0.05, 0) is 131 Å². The molecule has 2 aromatic heterocycles. The zero-order valence-electron chi connectivity index (χ0n) is 31.2. The minimum atomic E-state index is 1.01. The molecule has 7 aromatic carbocycles. The second-order valence-electron chi connectivity index (χ2n) is 15.0. The molecule has 0 saturated carbocycles. The quantitative estimate of drug-likeness (QED) is 0.179. The van der Waals surface area contributed by atoms with Crippen molar-refractivity contribution in [2.75, 3.05) is 9.80 Å². The second-order valence-corrected chi connectivity index (χ2v) is 16.1. The first-order chi connectivity index (χ1) is 27.7. The number of rotatable bonds is 4. The van der Waals surface area contributed by atoms with E-state index in [-0.39, 0.29) is 0 Å². The van der Waals surface area contributed by atoms with Crippen molar-refractivity contribution in [3.63, 3.8) is 0 Å². The van der Waals surface area contributed by atoms with Crippen LogP contribution in [0.2, 0.25) is 0 Å². The van der Waals surface area contributed by atoms with Crippen molar-refractivity contribution in [3.05, 3.63) is 198 Å². The van der Waals surface area contributed by atoms with E-state index >= 15 is 0 Å². The molecule has 0 N–H and O–H groups in total. The Morgan fingerprint density at radius 2 is 0.893 bits per heavy atom. The smallest absolute Gasteiger partial charge is 0.125 e. The second kappa shape index (κ2) is 13.4. The molecule has 0 fully saturated rings. The Balaban J connectivity index is 1.15. The van der Waals surface area contributed by atoms with Crippen LogP contribution in [0.5, 0.6) is 0 Å². The summed E-state index contributed by atoms with van der Waals surface area (Å²) < 4.78 is 1.27. The number of nitrogens with zero attached hydrogens (tertiary/aromatic N) is 3. The lowest BCUT2D eigenvalue weighted by atomic mass is 9.95. The van der Waals surface area contributed by atoms with Gasteiger partial charge in [-0.25, -0.2) is 4.98 Å². The molecule has 11 rings (SSSR count). The summed E-state index contributed by atoms with van der Waals surface area (Å²) >= 11 is 1.77. The third-order valence-electron chi connectivity index (χ3n) is 11.9. The number of aryl methyl sites for hydroxylation is 4. The zero-order chi connectivity index (χ0) is 37.2. The number of aromatic nitrogens is 1. The van der Waals surface area contributed by atoms with Crippen LogP contribution in [0.25, 0.3) is 42.6 Å². The van der Waals surface area contributed by atoms with Gasteiger partial charge in [0.25, 0.3) is 0 Å². The van der Waals surface area contributed by atoms with Gasteiger partial charge < -0.3 is 9.80 Å². The van der Waals surface area contributed by atoms with Gasteiger partial charge in [0.05, 0.1) is 11.4 Å². The molecule has 3 nitrogen and oxygen atoms in total. The van der Waals surface area contributed by atoms with E-state index in [1.54, 1.807) is 11.3 Å².